The lowest BCUT2D eigenvalue weighted by atomic mass is 10.3. The highest BCUT2D eigenvalue weighted by atomic mass is 35.5. The van der Waals surface area contributed by atoms with E-state index < -0.39 is 11.6 Å². The lowest BCUT2D eigenvalue weighted by molar-refractivity contribution is 0.284. The van der Waals surface area contributed by atoms with Gasteiger partial charge in [0, 0.05) is 6.20 Å². The van der Waals surface area contributed by atoms with Crippen molar-refractivity contribution < 1.29 is 13.5 Å². The standard InChI is InChI=1S/C12H8ClF2NO/c13-11-6-8(4-5-16-11)7-17-10-3-1-2-9(14)12(10)15/h1-6H,7H2. The molecule has 0 saturated carbocycles. The molecule has 2 aromatic rings. The minimum atomic E-state index is -0.993. The van der Waals surface area contributed by atoms with E-state index in [-0.39, 0.29) is 12.4 Å². The van der Waals surface area contributed by atoms with Crippen LogP contribution >= 0.6 is 11.6 Å². The van der Waals surface area contributed by atoms with Crippen LogP contribution in [-0.4, -0.2) is 4.98 Å². The summed E-state index contributed by atoms with van der Waals surface area (Å²) in [7, 11) is 0. The molecule has 5 heteroatoms. The van der Waals surface area contributed by atoms with Crippen molar-refractivity contribution in [3.8, 4) is 5.75 Å². The van der Waals surface area contributed by atoms with Gasteiger partial charge in [0.1, 0.15) is 11.8 Å². The number of halogens is 3. The van der Waals surface area contributed by atoms with Crippen molar-refractivity contribution in [3.05, 3.63) is 58.9 Å². The summed E-state index contributed by atoms with van der Waals surface area (Å²) < 4.78 is 31.3. The summed E-state index contributed by atoms with van der Waals surface area (Å²) in [5.41, 5.74) is 0.730. The highest BCUT2D eigenvalue weighted by Crippen LogP contribution is 2.20. The molecular weight excluding hydrogens is 248 g/mol. The second kappa shape index (κ2) is 5.10. The molecule has 0 bridgehead atoms. The van der Waals surface area contributed by atoms with Gasteiger partial charge in [0.25, 0.3) is 0 Å². The number of nitrogens with zero attached hydrogens (tertiary/aromatic N) is 1. The summed E-state index contributed by atoms with van der Waals surface area (Å²) >= 11 is 5.68. The number of aromatic nitrogens is 1. The van der Waals surface area contributed by atoms with E-state index in [2.05, 4.69) is 4.98 Å². The van der Waals surface area contributed by atoms with E-state index in [9.17, 15) is 8.78 Å². The van der Waals surface area contributed by atoms with Gasteiger partial charge in [-0.2, -0.15) is 4.39 Å². The fourth-order valence-electron chi connectivity index (χ4n) is 1.29. The van der Waals surface area contributed by atoms with Crippen molar-refractivity contribution in [2.45, 2.75) is 6.61 Å². The Bertz CT molecular complexity index is 534. The molecule has 0 atom stereocenters. The molecule has 1 aromatic heterocycles. The minimum absolute atomic E-state index is 0.0998. The van der Waals surface area contributed by atoms with Crippen LogP contribution in [-0.2, 0) is 6.61 Å². The molecule has 0 unspecified atom stereocenters. The Morgan fingerprint density at radius 1 is 1.24 bits per heavy atom. The number of ether oxygens (including phenoxy) is 1. The van der Waals surface area contributed by atoms with E-state index in [1.807, 2.05) is 0 Å². The van der Waals surface area contributed by atoms with Crippen molar-refractivity contribution in [3.63, 3.8) is 0 Å². The first-order valence-corrected chi connectivity index (χ1v) is 5.22. The van der Waals surface area contributed by atoms with Gasteiger partial charge in [-0.05, 0) is 29.8 Å². The number of rotatable bonds is 3. The first kappa shape index (κ1) is 11.8. The van der Waals surface area contributed by atoms with Crippen LogP contribution in [0.25, 0.3) is 0 Å². The molecule has 0 radical (unpaired) electrons. The van der Waals surface area contributed by atoms with Gasteiger partial charge < -0.3 is 4.74 Å². The molecule has 0 aliphatic heterocycles. The Balaban J connectivity index is 2.10. The number of pyridine rings is 1. The van der Waals surface area contributed by atoms with E-state index in [0.717, 1.165) is 11.6 Å². The number of benzene rings is 1. The van der Waals surface area contributed by atoms with Crippen molar-refractivity contribution in [2.75, 3.05) is 0 Å². The monoisotopic (exact) mass is 255 g/mol. The molecule has 0 spiro atoms. The van der Waals surface area contributed by atoms with Crippen LogP contribution < -0.4 is 4.74 Å². The summed E-state index contributed by atoms with van der Waals surface area (Å²) in [5.74, 6) is -2.05. The Morgan fingerprint density at radius 2 is 2.06 bits per heavy atom. The van der Waals surface area contributed by atoms with Crippen LogP contribution in [0.1, 0.15) is 5.56 Å². The van der Waals surface area contributed by atoms with Crippen LogP contribution in [0.5, 0.6) is 5.75 Å². The Morgan fingerprint density at radius 3 is 2.82 bits per heavy atom. The number of hydrogen-bond acceptors (Lipinski definition) is 2. The largest absolute Gasteiger partial charge is 0.486 e. The molecule has 1 heterocycles. The molecule has 88 valence electrons. The lowest BCUT2D eigenvalue weighted by Crippen LogP contribution is -1.99. The molecule has 0 saturated heterocycles. The maximum Gasteiger partial charge on any atom is 0.200 e. The average molecular weight is 256 g/mol. The van der Waals surface area contributed by atoms with Gasteiger partial charge in [0.15, 0.2) is 11.6 Å². The summed E-state index contributed by atoms with van der Waals surface area (Å²) in [6.45, 7) is 0.0998. The third kappa shape index (κ3) is 2.91. The molecule has 0 aliphatic rings. The Kier molecular flexibility index (Phi) is 3.54. The molecule has 0 aliphatic carbocycles. The zero-order valence-corrected chi connectivity index (χ0v) is 9.42. The second-order valence-electron chi connectivity index (χ2n) is 3.33. The van der Waals surface area contributed by atoms with Gasteiger partial charge in [-0.15, -0.1) is 0 Å². The van der Waals surface area contributed by atoms with Crippen LogP contribution in [0.15, 0.2) is 36.5 Å². The van der Waals surface area contributed by atoms with Crippen LogP contribution in [0.4, 0.5) is 8.78 Å². The van der Waals surface area contributed by atoms with Gasteiger partial charge in [0.05, 0.1) is 0 Å². The van der Waals surface area contributed by atoms with Gasteiger partial charge in [-0.25, -0.2) is 9.37 Å². The van der Waals surface area contributed by atoms with Crippen LogP contribution in [0, 0.1) is 11.6 Å². The molecule has 17 heavy (non-hydrogen) atoms. The third-order valence-corrected chi connectivity index (χ3v) is 2.31. The summed E-state index contributed by atoms with van der Waals surface area (Å²) in [6, 6.07) is 7.06. The van der Waals surface area contributed by atoms with E-state index in [1.165, 1.54) is 18.3 Å². The van der Waals surface area contributed by atoms with Crippen molar-refractivity contribution in [1.82, 2.24) is 4.98 Å². The smallest absolute Gasteiger partial charge is 0.200 e. The van der Waals surface area contributed by atoms with E-state index in [4.69, 9.17) is 16.3 Å². The topological polar surface area (TPSA) is 22.1 Å². The fourth-order valence-corrected chi connectivity index (χ4v) is 1.49. The fraction of sp³-hybridized carbons (Fsp3) is 0.0833. The molecule has 1 aromatic carbocycles. The zero-order valence-electron chi connectivity index (χ0n) is 8.66. The summed E-state index contributed by atoms with van der Waals surface area (Å²) in [6.07, 6.45) is 1.52. The first-order valence-electron chi connectivity index (χ1n) is 4.84. The Labute approximate surface area is 102 Å². The van der Waals surface area contributed by atoms with Gasteiger partial charge in [-0.1, -0.05) is 17.7 Å². The van der Waals surface area contributed by atoms with E-state index >= 15 is 0 Å². The van der Waals surface area contributed by atoms with Crippen LogP contribution in [0.3, 0.4) is 0 Å². The molecular formula is C12H8ClF2NO. The maximum atomic E-state index is 13.2. The Hall–Kier alpha value is -1.68. The van der Waals surface area contributed by atoms with Crippen molar-refractivity contribution >= 4 is 11.6 Å². The third-order valence-electron chi connectivity index (χ3n) is 2.10. The molecule has 0 N–H and O–H groups in total. The highest BCUT2D eigenvalue weighted by Gasteiger charge is 2.08. The molecule has 2 nitrogen and oxygen atoms in total. The summed E-state index contributed by atoms with van der Waals surface area (Å²) in [4.78, 5) is 3.80. The molecule has 0 fully saturated rings. The molecule has 2 rings (SSSR count). The van der Waals surface area contributed by atoms with Gasteiger partial charge in [-0.3, -0.25) is 0 Å². The van der Waals surface area contributed by atoms with Crippen molar-refractivity contribution in [1.29, 1.82) is 0 Å². The van der Waals surface area contributed by atoms with Crippen molar-refractivity contribution in [2.24, 2.45) is 0 Å². The lowest BCUT2D eigenvalue weighted by Gasteiger charge is -2.07. The van der Waals surface area contributed by atoms with Crippen LogP contribution in [0.2, 0.25) is 5.15 Å². The number of hydrogen-bond donors (Lipinski definition) is 0. The predicted molar refractivity (Wildman–Crippen MR) is 59.9 cm³/mol. The maximum absolute atomic E-state index is 13.2. The van der Waals surface area contributed by atoms with E-state index in [1.54, 1.807) is 12.1 Å². The minimum Gasteiger partial charge on any atom is -0.486 e. The predicted octanol–water partition coefficient (Wildman–Crippen LogP) is 3.59. The quantitative estimate of drug-likeness (QED) is 0.782. The SMILES string of the molecule is Fc1cccc(OCc2ccnc(Cl)c2)c1F. The van der Waals surface area contributed by atoms with Gasteiger partial charge in [0.2, 0.25) is 5.82 Å². The normalized spacial score (nSPS) is 10.3. The zero-order chi connectivity index (χ0) is 12.3. The first-order chi connectivity index (χ1) is 8.16. The second-order valence-corrected chi connectivity index (χ2v) is 3.71. The summed E-state index contributed by atoms with van der Waals surface area (Å²) in [5, 5.41) is 0.325. The van der Waals surface area contributed by atoms with Gasteiger partial charge >= 0.3 is 0 Å². The van der Waals surface area contributed by atoms with E-state index in [0.29, 0.717) is 5.15 Å². The average Bonchev–Trinajstić information content (AvgIpc) is 2.31. The molecule has 0 amide bonds. The highest BCUT2D eigenvalue weighted by molar-refractivity contribution is 6.29.